The molecule has 2 heterocycles. The Morgan fingerprint density at radius 1 is 0.816 bits per heavy atom. The first-order chi connectivity index (χ1) is 23.5. The van der Waals surface area contributed by atoms with Gasteiger partial charge in [-0.1, -0.05) is 84.0 Å². The van der Waals surface area contributed by atoms with Crippen molar-refractivity contribution in [3.8, 4) is 5.75 Å². The topological polar surface area (TPSA) is 108 Å². The van der Waals surface area contributed by atoms with E-state index in [0.717, 1.165) is 50.1 Å². The summed E-state index contributed by atoms with van der Waals surface area (Å²) < 4.78 is 74.4. The first-order valence-corrected chi connectivity index (χ1v) is 20.0. The Morgan fingerprint density at radius 3 is 1.88 bits per heavy atom. The summed E-state index contributed by atoms with van der Waals surface area (Å²) in [5.74, 6) is -0.357. The minimum Gasteiger partial charge on any atom is -0.494 e. The smallest absolute Gasteiger partial charge is 0.389 e. The van der Waals surface area contributed by atoms with Crippen molar-refractivity contribution in [2.75, 3.05) is 57.9 Å². The highest BCUT2D eigenvalue weighted by Crippen LogP contribution is 2.24. The van der Waals surface area contributed by atoms with Gasteiger partial charge in [0.05, 0.1) is 25.7 Å². The zero-order valence-electron chi connectivity index (χ0n) is 29.7. The second-order valence-corrected chi connectivity index (χ2v) is 15.1. The molecule has 0 bridgehead atoms. The molecule has 284 valence electrons. The Balaban J connectivity index is 0.000000389. The fourth-order valence-electron chi connectivity index (χ4n) is 5.94. The van der Waals surface area contributed by atoms with Crippen molar-refractivity contribution in [1.29, 1.82) is 0 Å². The SMILES string of the molecule is CCCCCCCCCCNc1ccc(OCCCCCCCCCC(F)(F)F)cc1.O=C(O)C1CCN(S(=O)(=O)N2CCOCC2)CC1. The number of morpholine rings is 1. The van der Waals surface area contributed by atoms with Crippen LogP contribution in [0.25, 0.3) is 0 Å². The maximum absolute atomic E-state index is 12.3. The van der Waals surface area contributed by atoms with Crippen molar-refractivity contribution in [2.24, 2.45) is 5.92 Å². The second-order valence-electron chi connectivity index (χ2n) is 13.1. The molecule has 1 aromatic carbocycles. The van der Waals surface area contributed by atoms with Gasteiger partial charge in [0, 0.05) is 44.8 Å². The standard InChI is InChI=1S/C26H44F3NO.C10H18N2O5S/c1-2-3-4-5-6-9-12-15-22-30-24-17-19-25(20-18-24)31-23-16-13-10-7-8-11-14-21-26(27,28)29;13-10(14)9-1-3-11(4-2-9)18(15,16)12-5-7-17-8-6-12/h17-20,30H,2-16,21-23H2,1H3;9H,1-8H2,(H,13,14). The summed E-state index contributed by atoms with van der Waals surface area (Å²) in [5.41, 5.74) is 1.14. The Morgan fingerprint density at radius 2 is 1.33 bits per heavy atom. The molecule has 2 aliphatic rings. The minimum absolute atomic E-state index is 0.261. The van der Waals surface area contributed by atoms with Crippen LogP contribution in [0.3, 0.4) is 0 Å². The summed E-state index contributed by atoms with van der Waals surface area (Å²) in [6.45, 7) is 6.14. The van der Waals surface area contributed by atoms with Crippen molar-refractivity contribution >= 4 is 21.9 Å². The average Bonchev–Trinajstić information content (AvgIpc) is 3.09. The van der Waals surface area contributed by atoms with E-state index in [-0.39, 0.29) is 19.5 Å². The first kappa shape index (κ1) is 43.1. The Kier molecular flexibility index (Phi) is 21.9. The highest BCUT2D eigenvalue weighted by Gasteiger charge is 2.35. The molecule has 49 heavy (non-hydrogen) atoms. The minimum atomic E-state index is -4.00. The van der Waals surface area contributed by atoms with Crippen molar-refractivity contribution in [3.63, 3.8) is 0 Å². The van der Waals surface area contributed by atoms with Crippen molar-refractivity contribution in [3.05, 3.63) is 24.3 Å². The van der Waals surface area contributed by atoms with Gasteiger partial charge < -0.3 is 19.9 Å². The van der Waals surface area contributed by atoms with Crippen LogP contribution >= 0.6 is 0 Å². The summed E-state index contributed by atoms with van der Waals surface area (Å²) in [5, 5.41) is 12.4. The number of rotatable bonds is 23. The number of anilines is 1. The molecule has 2 saturated heterocycles. The van der Waals surface area contributed by atoms with Crippen LogP contribution < -0.4 is 10.1 Å². The van der Waals surface area contributed by atoms with Gasteiger partial charge in [-0.3, -0.25) is 4.79 Å². The summed E-state index contributed by atoms with van der Waals surface area (Å²) in [4.78, 5) is 10.8. The fraction of sp³-hybridized carbons (Fsp3) is 0.806. The van der Waals surface area contributed by atoms with E-state index in [1.807, 2.05) is 12.1 Å². The molecule has 3 rings (SSSR count). The van der Waals surface area contributed by atoms with Crippen LogP contribution in [-0.2, 0) is 19.7 Å². The zero-order chi connectivity index (χ0) is 35.8. The predicted octanol–water partition coefficient (Wildman–Crippen LogP) is 8.66. The van der Waals surface area contributed by atoms with Crippen molar-refractivity contribution in [2.45, 2.75) is 129 Å². The number of nitrogens with one attached hydrogen (secondary N) is 1. The highest BCUT2D eigenvalue weighted by molar-refractivity contribution is 7.86. The Hall–Kier alpha value is -2.09. The Labute approximate surface area is 293 Å². The number of aliphatic carboxylic acids is 1. The van der Waals surface area contributed by atoms with E-state index >= 15 is 0 Å². The maximum Gasteiger partial charge on any atom is 0.389 e. The molecule has 2 N–H and O–H groups in total. The lowest BCUT2D eigenvalue weighted by atomic mass is 9.99. The van der Waals surface area contributed by atoms with Gasteiger partial charge in [0.25, 0.3) is 10.2 Å². The number of carboxylic acid groups (broad SMARTS) is 1. The quantitative estimate of drug-likeness (QED) is 0.109. The van der Waals surface area contributed by atoms with Gasteiger partial charge in [-0.2, -0.15) is 30.2 Å². The van der Waals surface area contributed by atoms with Gasteiger partial charge in [-0.25, -0.2) is 0 Å². The lowest BCUT2D eigenvalue weighted by Gasteiger charge is -2.35. The predicted molar refractivity (Wildman–Crippen MR) is 189 cm³/mol. The van der Waals surface area contributed by atoms with E-state index in [1.165, 1.54) is 60.0 Å². The van der Waals surface area contributed by atoms with E-state index in [0.29, 0.717) is 52.2 Å². The monoisotopic (exact) mass is 721 g/mol. The van der Waals surface area contributed by atoms with E-state index < -0.39 is 34.7 Å². The van der Waals surface area contributed by atoms with Crippen LogP contribution in [0, 0.1) is 5.92 Å². The summed E-state index contributed by atoms with van der Waals surface area (Å²) in [7, 11) is -3.44. The van der Waals surface area contributed by atoms with Crippen LogP contribution in [0.2, 0.25) is 0 Å². The van der Waals surface area contributed by atoms with Crippen molar-refractivity contribution in [1.82, 2.24) is 8.61 Å². The number of benzene rings is 1. The molecule has 0 spiro atoms. The molecular formula is C36H62F3N3O6S. The number of piperidine rings is 1. The van der Waals surface area contributed by atoms with Gasteiger partial charge in [0.1, 0.15) is 5.75 Å². The number of alkyl halides is 3. The second kappa shape index (κ2) is 25.0. The molecule has 0 aliphatic carbocycles. The molecule has 0 atom stereocenters. The number of hydrogen-bond donors (Lipinski definition) is 2. The van der Waals surface area contributed by atoms with Gasteiger partial charge in [0.15, 0.2) is 0 Å². The molecule has 2 fully saturated rings. The number of halogens is 3. The van der Waals surface area contributed by atoms with E-state index in [1.54, 1.807) is 0 Å². The third-order valence-electron chi connectivity index (χ3n) is 9.01. The number of carboxylic acids is 1. The molecule has 0 unspecified atom stereocenters. The van der Waals surface area contributed by atoms with Crippen molar-refractivity contribution < 1.29 is 41.0 Å². The average molecular weight is 722 g/mol. The molecule has 0 aromatic heterocycles. The summed E-state index contributed by atoms with van der Waals surface area (Å²) >= 11 is 0. The van der Waals surface area contributed by atoms with E-state index in [2.05, 4.69) is 24.4 Å². The third-order valence-corrected chi connectivity index (χ3v) is 11.0. The zero-order valence-corrected chi connectivity index (χ0v) is 30.5. The molecule has 9 nitrogen and oxygen atoms in total. The van der Waals surface area contributed by atoms with E-state index in [4.69, 9.17) is 14.6 Å². The molecule has 13 heteroatoms. The lowest BCUT2D eigenvalue weighted by Crippen LogP contribution is -2.51. The molecule has 0 saturated carbocycles. The summed E-state index contributed by atoms with van der Waals surface area (Å²) in [6.07, 6.45) is 12.8. The first-order valence-electron chi connectivity index (χ1n) is 18.6. The van der Waals surface area contributed by atoms with Crippen LogP contribution in [0.4, 0.5) is 18.9 Å². The molecule has 1 aromatic rings. The number of ether oxygens (including phenoxy) is 2. The van der Waals surface area contributed by atoms with Gasteiger partial charge in [-0.15, -0.1) is 0 Å². The largest absolute Gasteiger partial charge is 0.494 e. The normalized spacial score (nSPS) is 16.6. The number of hydrogen-bond acceptors (Lipinski definition) is 6. The lowest BCUT2D eigenvalue weighted by molar-refractivity contribution is -0.143. The number of unbranched alkanes of at least 4 members (excludes halogenated alkanes) is 13. The van der Waals surface area contributed by atoms with Gasteiger partial charge in [0.2, 0.25) is 0 Å². The van der Waals surface area contributed by atoms with Gasteiger partial charge >= 0.3 is 12.1 Å². The van der Waals surface area contributed by atoms with Gasteiger partial charge in [-0.05, 0) is 56.4 Å². The third kappa shape index (κ3) is 19.8. The molecular weight excluding hydrogens is 659 g/mol. The van der Waals surface area contributed by atoms with Crippen LogP contribution in [-0.4, -0.2) is 86.8 Å². The Bertz CT molecular complexity index is 1090. The van der Waals surface area contributed by atoms with Crippen LogP contribution in [0.1, 0.15) is 122 Å². The van der Waals surface area contributed by atoms with E-state index in [9.17, 15) is 26.4 Å². The molecule has 0 radical (unpaired) electrons. The molecule has 0 amide bonds. The number of nitrogens with zero attached hydrogens (tertiary/aromatic N) is 2. The number of carbonyl (C=O) groups is 1. The van der Waals surface area contributed by atoms with Crippen LogP contribution in [0.5, 0.6) is 5.75 Å². The summed E-state index contributed by atoms with van der Waals surface area (Å²) in [6, 6.07) is 8.16. The molecule has 2 aliphatic heterocycles. The fourth-order valence-corrected chi connectivity index (χ4v) is 7.55. The van der Waals surface area contributed by atoms with Crippen LogP contribution in [0.15, 0.2) is 24.3 Å². The highest BCUT2D eigenvalue weighted by atomic mass is 32.2. The maximum atomic E-state index is 12.3.